The quantitative estimate of drug-likeness (QED) is 0.688. The van der Waals surface area contributed by atoms with Crippen LogP contribution in [0.1, 0.15) is 24.8 Å². The van der Waals surface area contributed by atoms with Gasteiger partial charge >= 0.3 is 6.18 Å². The molecule has 1 amide bonds. The molecule has 26 heavy (non-hydrogen) atoms. The summed E-state index contributed by atoms with van der Waals surface area (Å²) in [5.41, 5.74) is 4.30. The summed E-state index contributed by atoms with van der Waals surface area (Å²) in [5.74, 6) is -0.883. The normalized spacial score (nSPS) is 20.3. The first kappa shape index (κ1) is 22.5. The van der Waals surface area contributed by atoms with E-state index < -0.39 is 33.6 Å². The molecule has 1 aliphatic carbocycles. The highest BCUT2D eigenvalue weighted by atomic mass is 35.5. The van der Waals surface area contributed by atoms with Gasteiger partial charge in [-0.1, -0.05) is 6.42 Å². The maximum Gasteiger partial charge on any atom is 0.416 e. The second-order valence-corrected chi connectivity index (χ2v) is 7.90. The Morgan fingerprint density at radius 1 is 1.27 bits per heavy atom. The number of alkyl halides is 3. The molecule has 11 heteroatoms. The summed E-state index contributed by atoms with van der Waals surface area (Å²) in [5, 5.41) is 2.43. The van der Waals surface area contributed by atoms with Crippen molar-refractivity contribution in [1.29, 1.82) is 0 Å². The van der Waals surface area contributed by atoms with Gasteiger partial charge in [-0.3, -0.25) is 9.52 Å². The molecule has 6 nitrogen and oxygen atoms in total. The molecule has 0 aromatic heterocycles. The number of carbonyl (C=O) groups excluding carboxylic acids is 1. The van der Waals surface area contributed by atoms with Crippen molar-refractivity contribution in [2.75, 3.05) is 22.8 Å². The van der Waals surface area contributed by atoms with Crippen LogP contribution in [0.4, 0.5) is 24.5 Å². The summed E-state index contributed by atoms with van der Waals surface area (Å²) in [6.07, 6.45) is -1.54. The molecule has 4 N–H and O–H groups in total. The third-order valence-electron chi connectivity index (χ3n) is 4.20. The van der Waals surface area contributed by atoms with Gasteiger partial charge in [-0.05, 0) is 43.5 Å². The van der Waals surface area contributed by atoms with Crippen LogP contribution >= 0.6 is 12.4 Å². The Bertz CT molecular complexity index is 756. The molecule has 148 valence electrons. The topological polar surface area (TPSA) is 101 Å². The lowest BCUT2D eigenvalue weighted by Crippen LogP contribution is -2.30. The predicted molar refractivity (Wildman–Crippen MR) is 95.7 cm³/mol. The molecular formula is C15H21ClF3N3O3S. The average Bonchev–Trinajstić information content (AvgIpc) is 2.95. The van der Waals surface area contributed by atoms with Gasteiger partial charge in [-0.15, -0.1) is 12.4 Å². The Balaban J connectivity index is 0.00000338. The molecule has 2 rings (SSSR count). The number of nitrogens with two attached hydrogens (primary N) is 1. The molecule has 0 saturated heterocycles. The first-order valence-electron chi connectivity index (χ1n) is 7.71. The second kappa shape index (κ2) is 8.45. The van der Waals surface area contributed by atoms with E-state index in [2.05, 4.69) is 10.0 Å². The lowest BCUT2D eigenvalue weighted by molar-refractivity contribution is -0.137. The number of hydrogen-bond donors (Lipinski definition) is 3. The van der Waals surface area contributed by atoms with E-state index in [1.54, 1.807) is 0 Å². The minimum absolute atomic E-state index is 0. The molecular weight excluding hydrogens is 395 g/mol. The molecule has 1 fully saturated rings. The van der Waals surface area contributed by atoms with E-state index in [0.29, 0.717) is 13.0 Å². The van der Waals surface area contributed by atoms with Crippen molar-refractivity contribution in [3.05, 3.63) is 23.8 Å². The lowest BCUT2D eigenvalue weighted by atomic mass is 9.95. The molecule has 0 heterocycles. The Morgan fingerprint density at radius 2 is 1.92 bits per heavy atom. The summed E-state index contributed by atoms with van der Waals surface area (Å²) >= 11 is 0. The summed E-state index contributed by atoms with van der Waals surface area (Å²) in [6, 6.07) is 2.45. The van der Waals surface area contributed by atoms with Gasteiger partial charge in [0.05, 0.1) is 23.2 Å². The van der Waals surface area contributed by atoms with Crippen LogP contribution in [0.25, 0.3) is 0 Å². The fourth-order valence-electron chi connectivity index (χ4n) is 3.00. The number of anilines is 2. The summed E-state index contributed by atoms with van der Waals surface area (Å²) in [6.45, 7) is 0.315. The SMILES string of the molecule is CS(=O)(=O)Nc1ccc(C(F)(F)F)cc1NC(=O)[C@@H]1CCC[C@@H]1CN.Cl. The van der Waals surface area contributed by atoms with Gasteiger partial charge in [-0.25, -0.2) is 8.42 Å². The second-order valence-electron chi connectivity index (χ2n) is 6.15. The van der Waals surface area contributed by atoms with Gasteiger partial charge in [-0.2, -0.15) is 13.2 Å². The third-order valence-corrected chi connectivity index (χ3v) is 4.79. The van der Waals surface area contributed by atoms with Crippen molar-refractivity contribution in [3.8, 4) is 0 Å². The number of carbonyl (C=O) groups is 1. The fraction of sp³-hybridized carbons (Fsp3) is 0.533. The third kappa shape index (κ3) is 5.75. The number of hydrogen-bond acceptors (Lipinski definition) is 4. The van der Waals surface area contributed by atoms with Gasteiger partial charge in [0.1, 0.15) is 0 Å². The van der Waals surface area contributed by atoms with E-state index >= 15 is 0 Å². The van der Waals surface area contributed by atoms with E-state index in [0.717, 1.165) is 37.3 Å². The zero-order valence-corrected chi connectivity index (χ0v) is 15.6. The molecule has 1 aliphatic rings. The molecule has 0 aliphatic heterocycles. The molecule has 0 radical (unpaired) electrons. The largest absolute Gasteiger partial charge is 0.416 e. The molecule has 1 saturated carbocycles. The summed E-state index contributed by atoms with van der Waals surface area (Å²) in [7, 11) is -3.72. The van der Waals surface area contributed by atoms with Gasteiger partial charge in [0.2, 0.25) is 15.9 Å². The van der Waals surface area contributed by atoms with Crippen molar-refractivity contribution in [2.45, 2.75) is 25.4 Å². The first-order chi connectivity index (χ1) is 11.5. The van der Waals surface area contributed by atoms with E-state index in [1.165, 1.54) is 0 Å². The highest BCUT2D eigenvalue weighted by molar-refractivity contribution is 7.92. The first-order valence-corrected chi connectivity index (χ1v) is 9.60. The van der Waals surface area contributed by atoms with Crippen LogP contribution in [-0.4, -0.2) is 27.1 Å². The average molecular weight is 416 g/mol. The number of nitrogens with one attached hydrogen (secondary N) is 2. The van der Waals surface area contributed by atoms with Gasteiger partial charge in [0.15, 0.2) is 0 Å². The van der Waals surface area contributed by atoms with Crippen LogP contribution in [0.15, 0.2) is 18.2 Å². The summed E-state index contributed by atoms with van der Waals surface area (Å²) < 4.78 is 63.7. The Morgan fingerprint density at radius 3 is 2.46 bits per heavy atom. The zero-order chi connectivity index (χ0) is 18.8. The Kier molecular flexibility index (Phi) is 7.32. The highest BCUT2D eigenvalue weighted by Crippen LogP contribution is 2.36. The highest BCUT2D eigenvalue weighted by Gasteiger charge is 2.34. The maximum absolute atomic E-state index is 12.9. The van der Waals surface area contributed by atoms with Crippen molar-refractivity contribution < 1.29 is 26.4 Å². The van der Waals surface area contributed by atoms with Crippen molar-refractivity contribution in [3.63, 3.8) is 0 Å². The minimum Gasteiger partial charge on any atom is -0.330 e. The van der Waals surface area contributed by atoms with E-state index in [1.807, 2.05) is 0 Å². The van der Waals surface area contributed by atoms with Gasteiger partial charge in [0.25, 0.3) is 0 Å². The number of amides is 1. The number of rotatable bonds is 5. The molecule has 1 aromatic rings. The molecule has 0 unspecified atom stereocenters. The van der Waals surface area contributed by atoms with Crippen molar-refractivity contribution >= 4 is 39.7 Å². The van der Waals surface area contributed by atoms with Crippen molar-refractivity contribution in [1.82, 2.24) is 0 Å². The Labute approximate surface area is 156 Å². The van der Waals surface area contributed by atoms with Crippen molar-refractivity contribution in [2.24, 2.45) is 17.6 Å². The van der Waals surface area contributed by atoms with Crippen LogP contribution in [0.3, 0.4) is 0 Å². The van der Waals surface area contributed by atoms with Crippen LogP contribution in [-0.2, 0) is 21.0 Å². The van der Waals surface area contributed by atoms with Crippen LogP contribution in [0.5, 0.6) is 0 Å². The number of halogens is 4. The number of benzene rings is 1. The standard InChI is InChI=1S/C15H20F3N3O3S.ClH/c1-25(23,24)21-12-6-5-10(15(16,17)18)7-13(12)20-14(22)11-4-2-3-9(11)8-19;/h5-7,9,11,21H,2-4,8,19H2,1H3,(H,20,22);1H/t9-,11-;/m1./s1. The molecule has 0 bridgehead atoms. The van der Waals surface area contributed by atoms with Gasteiger partial charge < -0.3 is 11.1 Å². The minimum atomic E-state index is -4.61. The van der Waals surface area contributed by atoms with Crippen LogP contribution in [0, 0.1) is 11.8 Å². The summed E-state index contributed by atoms with van der Waals surface area (Å²) in [4.78, 5) is 12.4. The van der Waals surface area contributed by atoms with E-state index in [4.69, 9.17) is 5.73 Å². The monoisotopic (exact) mass is 415 g/mol. The maximum atomic E-state index is 12.9. The van der Waals surface area contributed by atoms with Gasteiger partial charge in [0, 0.05) is 5.92 Å². The zero-order valence-electron chi connectivity index (χ0n) is 14.0. The molecule has 2 atom stereocenters. The van der Waals surface area contributed by atoms with Crippen LogP contribution in [0.2, 0.25) is 0 Å². The smallest absolute Gasteiger partial charge is 0.330 e. The lowest BCUT2D eigenvalue weighted by Gasteiger charge is -2.20. The van der Waals surface area contributed by atoms with Crippen LogP contribution < -0.4 is 15.8 Å². The predicted octanol–water partition coefficient (Wildman–Crippen LogP) is 2.81. The van der Waals surface area contributed by atoms with E-state index in [9.17, 15) is 26.4 Å². The fourth-order valence-corrected chi connectivity index (χ4v) is 3.58. The number of sulfonamides is 1. The molecule has 1 aromatic carbocycles. The van der Waals surface area contributed by atoms with E-state index in [-0.39, 0.29) is 29.7 Å². The Hall–Kier alpha value is -1.52. The molecule has 0 spiro atoms.